The van der Waals surface area contributed by atoms with Gasteiger partial charge in [0, 0.05) is 36.4 Å². The molecule has 0 N–H and O–H groups in total. The van der Waals surface area contributed by atoms with E-state index < -0.39 is 0 Å². The molecule has 0 radical (unpaired) electrons. The summed E-state index contributed by atoms with van der Waals surface area (Å²) in [6.45, 7) is 0. The molecule has 0 aliphatic rings. The van der Waals surface area contributed by atoms with Gasteiger partial charge in [0.15, 0.2) is 24.8 Å². The van der Waals surface area contributed by atoms with Gasteiger partial charge in [-0.25, -0.2) is 0 Å². The van der Waals surface area contributed by atoms with Crippen LogP contribution in [0.3, 0.4) is 0 Å². The third kappa shape index (κ3) is 1.82. The zero-order chi connectivity index (χ0) is 13.4. The van der Waals surface area contributed by atoms with Crippen LogP contribution in [0.5, 0.6) is 0 Å². The molecule has 0 saturated heterocycles. The Morgan fingerprint density at radius 2 is 1.00 bits per heavy atom. The number of rotatable bonds is 1. The standard InChI is InChI=1S/C18H14N2/c1-3-11-19-13-15(7-9-17(19)5-1)16-8-10-18-6-2-4-12-20(18)14-16/h1-14H/q+2. The molecule has 0 amide bonds. The second kappa shape index (κ2) is 4.42. The number of hydrogen-bond donors (Lipinski definition) is 0. The van der Waals surface area contributed by atoms with E-state index in [2.05, 4.69) is 82.1 Å². The van der Waals surface area contributed by atoms with Crippen LogP contribution in [0.4, 0.5) is 0 Å². The lowest BCUT2D eigenvalue weighted by atomic mass is 10.1. The van der Waals surface area contributed by atoms with Crippen LogP contribution in [0.2, 0.25) is 0 Å². The summed E-state index contributed by atoms with van der Waals surface area (Å²) in [6, 6.07) is 21.1. The molecule has 4 rings (SSSR count). The van der Waals surface area contributed by atoms with E-state index in [1.54, 1.807) is 0 Å². The minimum atomic E-state index is 1.20. The number of nitrogens with zero attached hydrogens (tertiary/aromatic N) is 2. The molecule has 2 nitrogen and oxygen atoms in total. The molecule has 94 valence electrons. The molecule has 0 saturated carbocycles. The molecule has 0 atom stereocenters. The van der Waals surface area contributed by atoms with Crippen molar-refractivity contribution in [2.45, 2.75) is 0 Å². The van der Waals surface area contributed by atoms with Crippen molar-refractivity contribution in [3.63, 3.8) is 0 Å². The average Bonchev–Trinajstić information content (AvgIpc) is 2.54. The molecule has 4 heterocycles. The van der Waals surface area contributed by atoms with Gasteiger partial charge in [-0.05, 0) is 24.3 Å². The van der Waals surface area contributed by atoms with Crippen LogP contribution in [0.15, 0.2) is 85.5 Å². The summed E-state index contributed by atoms with van der Waals surface area (Å²) < 4.78 is 4.30. The van der Waals surface area contributed by atoms with Crippen molar-refractivity contribution < 1.29 is 8.80 Å². The van der Waals surface area contributed by atoms with E-state index in [9.17, 15) is 0 Å². The van der Waals surface area contributed by atoms with Crippen molar-refractivity contribution >= 4 is 11.0 Å². The fraction of sp³-hybridized carbons (Fsp3) is 0. The molecule has 0 spiro atoms. The first-order valence-electron chi connectivity index (χ1n) is 6.71. The molecule has 0 aliphatic heterocycles. The highest BCUT2D eigenvalue weighted by molar-refractivity contribution is 5.63. The molecule has 20 heavy (non-hydrogen) atoms. The Kier molecular flexibility index (Phi) is 2.46. The number of hydrogen-bond acceptors (Lipinski definition) is 0. The second-order valence-corrected chi connectivity index (χ2v) is 4.90. The summed E-state index contributed by atoms with van der Waals surface area (Å²) in [4.78, 5) is 0. The third-order valence-corrected chi connectivity index (χ3v) is 3.60. The van der Waals surface area contributed by atoms with Crippen LogP contribution in [0, 0.1) is 0 Å². The summed E-state index contributed by atoms with van der Waals surface area (Å²) in [5, 5.41) is 0. The van der Waals surface area contributed by atoms with Crippen LogP contribution in [0.25, 0.3) is 22.2 Å². The highest BCUT2D eigenvalue weighted by Gasteiger charge is 2.09. The van der Waals surface area contributed by atoms with Gasteiger partial charge in [-0.3, -0.25) is 0 Å². The lowest BCUT2D eigenvalue weighted by Crippen LogP contribution is -2.22. The maximum absolute atomic E-state index is 2.17. The quantitative estimate of drug-likeness (QED) is 0.464. The fourth-order valence-electron chi connectivity index (χ4n) is 2.53. The summed E-state index contributed by atoms with van der Waals surface area (Å²) in [5.74, 6) is 0. The first-order chi connectivity index (χ1) is 9.90. The monoisotopic (exact) mass is 258 g/mol. The smallest absolute Gasteiger partial charge is 0.167 e. The zero-order valence-electron chi connectivity index (χ0n) is 11.0. The van der Waals surface area contributed by atoms with Crippen LogP contribution in [-0.4, -0.2) is 0 Å². The Labute approximate surface area is 117 Å². The Morgan fingerprint density at radius 1 is 0.500 bits per heavy atom. The predicted molar refractivity (Wildman–Crippen MR) is 78.2 cm³/mol. The Balaban J connectivity index is 1.91. The average molecular weight is 258 g/mol. The first kappa shape index (κ1) is 11.1. The third-order valence-electron chi connectivity index (χ3n) is 3.60. The molecule has 0 aliphatic carbocycles. The summed E-state index contributed by atoms with van der Waals surface area (Å²) in [5.41, 5.74) is 4.83. The normalized spacial score (nSPS) is 11.0. The van der Waals surface area contributed by atoms with E-state index in [1.165, 1.54) is 22.2 Å². The van der Waals surface area contributed by atoms with Gasteiger partial charge in [0.25, 0.3) is 0 Å². The highest BCUT2D eigenvalue weighted by atomic mass is 14.9. The van der Waals surface area contributed by atoms with Gasteiger partial charge in [-0.1, -0.05) is 0 Å². The predicted octanol–water partition coefficient (Wildman–Crippen LogP) is 2.83. The van der Waals surface area contributed by atoms with Crippen molar-refractivity contribution in [1.82, 2.24) is 0 Å². The topological polar surface area (TPSA) is 8.20 Å². The van der Waals surface area contributed by atoms with Crippen LogP contribution in [-0.2, 0) is 0 Å². The van der Waals surface area contributed by atoms with E-state index in [-0.39, 0.29) is 0 Å². The van der Waals surface area contributed by atoms with Gasteiger partial charge in [0.2, 0.25) is 11.0 Å². The first-order valence-corrected chi connectivity index (χ1v) is 6.71. The molecule has 0 bridgehead atoms. The lowest BCUT2D eigenvalue weighted by Gasteiger charge is -1.98. The minimum Gasteiger partial charge on any atom is -0.167 e. The second-order valence-electron chi connectivity index (χ2n) is 4.90. The maximum atomic E-state index is 2.17. The van der Waals surface area contributed by atoms with E-state index in [0.717, 1.165) is 0 Å². The van der Waals surface area contributed by atoms with Gasteiger partial charge >= 0.3 is 0 Å². The van der Waals surface area contributed by atoms with Gasteiger partial charge in [0.05, 0.1) is 11.1 Å². The summed E-state index contributed by atoms with van der Waals surface area (Å²) in [7, 11) is 0. The van der Waals surface area contributed by atoms with Gasteiger partial charge in [-0.15, -0.1) is 0 Å². The Bertz CT molecular complexity index is 836. The van der Waals surface area contributed by atoms with Crippen molar-refractivity contribution in [2.75, 3.05) is 0 Å². The largest absolute Gasteiger partial charge is 0.210 e. The lowest BCUT2D eigenvalue weighted by molar-refractivity contribution is -0.513. The number of aromatic nitrogens is 2. The number of pyridine rings is 4. The Morgan fingerprint density at radius 3 is 1.50 bits per heavy atom. The molecule has 0 unspecified atom stereocenters. The fourth-order valence-corrected chi connectivity index (χ4v) is 2.53. The molecule has 4 aromatic rings. The molecule has 4 aromatic heterocycles. The van der Waals surface area contributed by atoms with Crippen molar-refractivity contribution in [1.29, 1.82) is 0 Å². The summed E-state index contributed by atoms with van der Waals surface area (Å²) >= 11 is 0. The van der Waals surface area contributed by atoms with Crippen molar-refractivity contribution in [3.8, 4) is 11.1 Å². The molecular formula is C18H14N2+2. The molecule has 0 aromatic carbocycles. The minimum absolute atomic E-state index is 1.20. The molecule has 2 heteroatoms. The SMILES string of the molecule is c1cc[n+]2cc(-c3ccc4cccc[n+]4c3)ccc2c1. The maximum Gasteiger partial charge on any atom is 0.210 e. The van der Waals surface area contributed by atoms with Gasteiger partial charge in [-0.2, -0.15) is 8.80 Å². The van der Waals surface area contributed by atoms with Crippen molar-refractivity contribution in [3.05, 3.63) is 85.5 Å². The van der Waals surface area contributed by atoms with E-state index >= 15 is 0 Å². The highest BCUT2D eigenvalue weighted by Crippen LogP contribution is 2.17. The number of fused-ring (bicyclic) bond motifs is 2. The van der Waals surface area contributed by atoms with Crippen LogP contribution < -0.4 is 8.80 Å². The zero-order valence-corrected chi connectivity index (χ0v) is 11.0. The summed E-state index contributed by atoms with van der Waals surface area (Å²) in [6.07, 6.45) is 8.49. The molecule has 0 fully saturated rings. The Hall–Kier alpha value is -2.74. The van der Waals surface area contributed by atoms with E-state index in [0.29, 0.717) is 0 Å². The van der Waals surface area contributed by atoms with Crippen LogP contribution in [0.1, 0.15) is 0 Å². The van der Waals surface area contributed by atoms with E-state index in [4.69, 9.17) is 0 Å². The molecular weight excluding hydrogens is 244 g/mol. The van der Waals surface area contributed by atoms with Gasteiger partial charge in [0.1, 0.15) is 0 Å². The van der Waals surface area contributed by atoms with E-state index in [1.807, 2.05) is 12.1 Å². The van der Waals surface area contributed by atoms with Crippen molar-refractivity contribution in [2.24, 2.45) is 0 Å². The van der Waals surface area contributed by atoms with Crippen LogP contribution >= 0.6 is 0 Å². The van der Waals surface area contributed by atoms with Gasteiger partial charge < -0.3 is 0 Å².